The summed E-state index contributed by atoms with van der Waals surface area (Å²) in [5.41, 5.74) is 1.81. The Morgan fingerprint density at radius 1 is 1.19 bits per heavy atom. The molecule has 1 saturated heterocycles. The van der Waals surface area contributed by atoms with Crippen molar-refractivity contribution in [3.63, 3.8) is 0 Å². The van der Waals surface area contributed by atoms with Crippen molar-refractivity contribution in [2.75, 3.05) is 18.6 Å². The predicted molar refractivity (Wildman–Crippen MR) is 103 cm³/mol. The van der Waals surface area contributed by atoms with Crippen LogP contribution in [0.15, 0.2) is 48.8 Å². The average Bonchev–Trinajstić information content (AvgIpc) is 3.26. The Morgan fingerprint density at radius 2 is 1.96 bits per heavy atom. The van der Waals surface area contributed by atoms with Gasteiger partial charge in [-0.1, -0.05) is 26.0 Å². The highest BCUT2D eigenvalue weighted by Gasteiger charge is 2.40. The fourth-order valence-electron chi connectivity index (χ4n) is 3.48. The molecule has 2 amide bonds. The van der Waals surface area contributed by atoms with Crippen molar-refractivity contribution in [1.29, 1.82) is 0 Å². The summed E-state index contributed by atoms with van der Waals surface area (Å²) in [5.74, 6) is 1.80. The topological polar surface area (TPSA) is 63.0 Å². The number of urea groups is 1. The van der Waals surface area contributed by atoms with Crippen LogP contribution in [0.1, 0.15) is 19.4 Å². The van der Waals surface area contributed by atoms with Crippen molar-refractivity contribution in [2.24, 2.45) is 5.92 Å². The van der Waals surface area contributed by atoms with E-state index in [2.05, 4.69) is 23.9 Å². The highest BCUT2D eigenvalue weighted by molar-refractivity contribution is 5.94. The number of nitrogens with zero attached hydrogens (tertiary/aromatic N) is 5. The second-order valence-corrected chi connectivity index (χ2v) is 7.11. The number of carbonyl (C=O) groups is 1. The minimum atomic E-state index is -0.0131. The van der Waals surface area contributed by atoms with E-state index in [-0.39, 0.29) is 12.1 Å². The number of anilines is 1. The lowest BCUT2D eigenvalue weighted by Gasteiger charge is -2.24. The van der Waals surface area contributed by atoms with Crippen molar-refractivity contribution in [3.8, 4) is 5.75 Å². The SMILES string of the molecule is COc1ccc(CN2CC(C(C)C)N(c3ccn4nccc4n3)C2=O)cc1. The van der Waals surface area contributed by atoms with Gasteiger partial charge < -0.3 is 9.64 Å². The van der Waals surface area contributed by atoms with Crippen LogP contribution >= 0.6 is 0 Å². The molecule has 0 saturated carbocycles. The van der Waals surface area contributed by atoms with Gasteiger partial charge in [0.25, 0.3) is 0 Å². The Morgan fingerprint density at radius 3 is 2.67 bits per heavy atom. The van der Waals surface area contributed by atoms with Gasteiger partial charge in [-0.2, -0.15) is 5.10 Å². The predicted octanol–water partition coefficient (Wildman–Crippen LogP) is 3.20. The molecule has 0 N–H and O–H groups in total. The van der Waals surface area contributed by atoms with E-state index >= 15 is 0 Å². The standard InChI is InChI=1S/C20H23N5O2/c1-14(2)17-13-23(12-15-4-6-16(27-3)7-5-15)20(26)25(17)19-9-11-24-18(22-19)8-10-21-24/h4-11,14,17H,12-13H2,1-3H3. The van der Waals surface area contributed by atoms with Crippen LogP contribution in [0.5, 0.6) is 5.75 Å². The Bertz CT molecular complexity index is 950. The van der Waals surface area contributed by atoms with E-state index in [0.717, 1.165) is 17.0 Å². The molecule has 4 rings (SSSR count). The Hall–Kier alpha value is -3.09. The van der Waals surface area contributed by atoms with Crippen molar-refractivity contribution in [1.82, 2.24) is 19.5 Å². The van der Waals surface area contributed by atoms with Gasteiger partial charge >= 0.3 is 6.03 Å². The van der Waals surface area contributed by atoms with Gasteiger partial charge in [0.15, 0.2) is 5.65 Å². The Kier molecular flexibility index (Phi) is 4.43. The highest BCUT2D eigenvalue weighted by Crippen LogP contribution is 2.29. The molecule has 27 heavy (non-hydrogen) atoms. The summed E-state index contributed by atoms with van der Waals surface area (Å²) >= 11 is 0. The van der Waals surface area contributed by atoms with Gasteiger partial charge in [0.2, 0.25) is 0 Å². The third kappa shape index (κ3) is 3.20. The van der Waals surface area contributed by atoms with Gasteiger partial charge in [-0.15, -0.1) is 0 Å². The third-order valence-electron chi connectivity index (χ3n) is 5.01. The second-order valence-electron chi connectivity index (χ2n) is 7.11. The van der Waals surface area contributed by atoms with Crippen LogP contribution in [-0.4, -0.2) is 45.2 Å². The number of rotatable bonds is 5. The molecule has 3 heterocycles. The van der Waals surface area contributed by atoms with Crippen molar-refractivity contribution >= 4 is 17.5 Å². The minimum Gasteiger partial charge on any atom is -0.497 e. The number of hydrogen-bond donors (Lipinski definition) is 0. The molecule has 1 atom stereocenters. The first-order chi connectivity index (χ1) is 13.1. The number of fused-ring (bicyclic) bond motifs is 1. The summed E-state index contributed by atoms with van der Waals surface area (Å²) in [6.45, 7) is 5.52. The van der Waals surface area contributed by atoms with Gasteiger partial charge in [-0.25, -0.2) is 14.3 Å². The third-order valence-corrected chi connectivity index (χ3v) is 5.01. The van der Waals surface area contributed by atoms with Crippen LogP contribution < -0.4 is 9.64 Å². The lowest BCUT2D eigenvalue weighted by molar-refractivity contribution is 0.218. The number of aromatic nitrogens is 3. The molecule has 7 nitrogen and oxygen atoms in total. The molecule has 1 unspecified atom stereocenters. The minimum absolute atomic E-state index is 0.0131. The van der Waals surface area contributed by atoms with Crippen LogP contribution in [-0.2, 0) is 6.54 Å². The summed E-state index contributed by atoms with van der Waals surface area (Å²) in [6.07, 6.45) is 3.54. The number of carbonyl (C=O) groups excluding carboxylic acids is 1. The Labute approximate surface area is 158 Å². The normalized spacial score (nSPS) is 17.3. The molecule has 0 aliphatic carbocycles. The van der Waals surface area contributed by atoms with E-state index < -0.39 is 0 Å². The maximum absolute atomic E-state index is 13.2. The molecule has 1 fully saturated rings. The first-order valence-electron chi connectivity index (χ1n) is 9.08. The summed E-state index contributed by atoms with van der Waals surface area (Å²) in [6, 6.07) is 11.6. The summed E-state index contributed by atoms with van der Waals surface area (Å²) in [7, 11) is 1.65. The molecule has 0 radical (unpaired) electrons. The van der Waals surface area contributed by atoms with Crippen LogP contribution in [0.3, 0.4) is 0 Å². The quantitative estimate of drug-likeness (QED) is 0.696. The van der Waals surface area contributed by atoms with Gasteiger partial charge in [0.05, 0.1) is 19.3 Å². The average molecular weight is 365 g/mol. The van der Waals surface area contributed by atoms with E-state index in [1.807, 2.05) is 52.4 Å². The lowest BCUT2D eigenvalue weighted by Crippen LogP contribution is -2.38. The first kappa shape index (κ1) is 17.3. The number of methoxy groups -OCH3 is 1. The number of hydrogen-bond acceptors (Lipinski definition) is 4. The molecule has 7 heteroatoms. The zero-order valence-electron chi connectivity index (χ0n) is 15.7. The molecule has 1 aliphatic heterocycles. The zero-order chi connectivity index (χ0) is 19.0. The first-order valence-corrected chi connectivity index (χ1v) is 9.08. The van der Waals surface area contributed by atoms with E-state index in [0.29, 0.717) is 24.8 Å². The molecule has 2 aromatic heterocycles. The van der Waals surface area contributed by atoms with Crippen molar-refractivity contribution in [2.45, 2.75) is 26.4 Å². The molecule has 0 spiro atoms. The fraction of sp³-hybridized carbons (Fsp3) is 0.350. The molecule has 3 aromatic rings. The lowest BCUT2D eigenvalue weighted by atomic mass is 10.0. The van der Waals surface area contributed by atoms with Gasteiger partial charge in [-0.05, 0) is 29.7 Å². The number of benzene rings is 1. The molecule has 0 bridgehead atoms. The summed E-state index contributed by atoms with van der Waals surface area (Å²) in [5, 5.41) is 4.17. The molecule has 140 valence electrons. The van der Waals surface area contributed by atoms with Crippen LogP contribution in [0.4, 0.5) is 10.6 Å². The van der Waals surface area contributed by atoms with Gasteiger partial charge in [-0.3, -0.25) is 4.90 Å². The maximum atomic E-state index is 13.2. The van der Waals surface area contributed by atoms with E-state index in [4.69, 9.17) is 4.74 Å². The highest BCUT2D eigenvalue weighted by atomic mass is 16.5. The fourth-order valence-corrected chi connectivity index (χ4v) is 3.48. The van der Waals surface area contributed by atoms with E-state index in [1.165, 1.54) is 0 Å². The van der Waals surface area contributed by atoms with Crippen LogP contribution in [0.2, 0.25) is 0 Å². The van der Waals surface area contributed by atoms with Crippen molar-refractivity contribution < 1.29 is 9.53 Å². The van der Waals surface area contributed by atoms with Gasteiger partial charge in [0.1, 0.15) is 11.6 Å². The van der Waals surface area contributed by atoms with Crippen LogP contribution in [0.25, 0.3) is 5.65 Å². The summed E-state index contributed by atoms with van der Waals surface area (Å²) in [4.78, 5) is 21.5. The summed E-state index contributed by atoms with van der Waals surface area (Å²) < 4.78 is 6.91. The van der Waals surface area contributed by atoms with Gasteiger partial charge in [0, 0.05) is 25.4 Å². The smallest absolute Gasteiger partial charge is 0.326 e. The Balaban J connectivity index is 1.61. The maximum Gasteiger partial charge on any atom is 0.326 e. The second kappa shape index (κ2) is 6.90. The molecular weight excluding hydrogens is 342 g/mol. The zero-order valence-corrected chi connectivity index (χ0v) is 15.7. The van der Waals surface area contributed by atoms with Crippen LogP contribution in [0, 0.1) is 5.92 Å². The number of amides is 2. The number of ether oxygens (including phenoxy) is 1. The molecule has 1 aromatic carbocycles. The molecule has 1 aliphatic rings. The molecular formula is C20H23N5O2. The van der Waals surface area contributed by atoms with E-state index in [9.17, 15) is 4.79 Å². The largest absolute Gasteiger partial charge is 0.497 e. The van der Waals surface area contributed by atoms with E-state index in [1.54, 1.807) is 17.8 Å². The van der Waals surface area contributed by atoms with Crippen molar-refractivity contribution in [3.05, 3.63) is 54.4 Å². The monoisotopic (exact) mass is 365 g/mol.